The van der Waals surface area contributed by atoms with Crippen molar-refractivity contribution in [2.24, 2.45) is 0 Å². The van der Waals surface area contributed by atoms with Crippen LogP contribution >= 0.6 is 0 Å². The standard InChI is InChI=1S/C18H21N3O4S/c1-12-5-6-14(11-13(12)2)17(22)20-26(24,25)16-9-7-15(8-10-16)19-18(23)21(3)4/h5-11H,1-4H3,(H,19,23)(H,20,22). The number of rotatable bonds is 4. The molecule has 2 N–H and O–H groups in total. The Balaban J connectivity index is 2.15. The van der Waals surface area contributed by atoms with E-state index in [1.807, 2.05) is 13.8 Å². The third-order valence-electron chi connectivity index (χ3n) is 3.82. The number of nitrogens with one attached hydrogen (secondary N) is 2. The average molecular weight is 375 g/mol. The summed E-state index contributed by atoms with van der Waals surface area (Å²) < 4.78 is 26.8. The molecule has 7 nitrogen and oxygen atoms in total. The van der Waals surface area contributed by atoms with E-state index in [2.05, 4.69) is 10.0 Å². The molecular formula is C18H21N3O4S. The van der Waals surface area contributed by atoms with Crippen molar-refractivity contribution in [1.29, 1.82) is 0 Å². The molecule has 0 saturated carbocycles. The number of anilines is 1. The number of aryl methyl sites for hydroxylation is 2. The van der Waals surface area contributed by atoms with Crippen LogP contribution in [0.4, 0.5) is 10.5 Å². The van der Waals surface area contributed by atoms with Crippen molar-refractivity contribution < 1.29 is 18.0 Å². The predicted octanol–water partition coefficient (Wildman–Crippen LogP) is 2.52. The van der Waals surface area contributed by atoms with Gasteiger partial charge in [-0.25, -0.2) is 17.9 Å². The predicted molar refractivity (Wildman–Crippen MR) is 99.7 cm³/mol. The Hall–Kier alpha value is -2.87. The largest absolute Gasteiger partial charge is 0.331 e. The van der Waals surface area contributed by atoms with E-state index in [9.17, 15) is 18.0 Å². The number of carbonyl (C=O) groups is 2. The Labute approximate surface area is 153 Å². The molecule has 0 aliphatic heterocycles. The Kier molecular flexibility index (Phi) is 5.66. The highest BCUT2D eigenvalue weighted by atomic mass is 32.2. The molecule has 0 aliphatic carbocycles. The number of nitrogens with zero attached hydrogens (tertiary/aromatic N) is 1. The molecular weight excluding hydrogens is 354 g/mol. The summed E-state index contributed by atoms with van der Waals surface area (Å²) in [7, 11) is -0.827. The molecule has 0 fully saturated rings. The maximum absolute atomic E-state index is 12.4. The average Bonchev–Trinajstić information content (AvgIpc) is 2.57. The molecule has 2 aromatic rings. The number of amides is 3. The second-order valence-electron chi connectivity index (χ2n) is 6.08. The minimum Gasteiger partial charge on any atom is -0.331 e. The molecule has 2 aromatic carbocycles. The molecule has 138 valence electrons. The fraction of sp³-hybridized carbons (Fsp3) is 0.222. The van der Waals surface area contributed by atoms with E-state index in [1.165, 1.54) is 29.2 Å². The maximum atomic E-state index is 12.4. The van der Waals surface area contributed by atoms with Crippen molar-refractivity contribution in [1.82, 2.24) is 9.62 Å². The zero-order valence-electron chi connectivity index (χ0n) is 15.0. The van der Waals surface area contributed by atoms with Gasteiger partial charge in [0.25, 0.3) is 15.9 Å². The lowest BCUT2D eigenvalue weighted by Crippen LogP contribution is -2.30. The van der Waals surface area contributed by atoms with Crippen LogP contribution in [-0.2, 0) is 10.0 Å². The topological polar surface area (TPSA) is 95.6 Å². The molecule has 8 heteroatoms. The minimum absolute atomic E-state index is 0.0717. The lowest BCUT2D eigenvalue weighted by molar-refractivity contribution is 0.0981. The van der Waals surface area contributed by atoms with E-state index < -0.39 is 15.9 Å². The van der Waals surface area contributed by atoms with Crippen LogP contribution in [0, 0.1) is 13.8 Å². The van der Waals surface area contributed by atoms with E-state index in [0.29, 0.717) is 5.69 Å². The Morgan fingerprint density at radius 1 is 0.923 bits per heavy atom. The van der Waals surface area contributed by atoms with Gasteiger partial charge < -0.3 is 10.2 Å². The zero-order chi connectivity index (χ0) is 19.5. The molecule has 0 aliphatic rings. The molecule has 0 unspecified atom stereocenters. The van der Waals surface area contributed by atoms with Crippen LogP contribution in [0.25, 0.3) is 0 Å². The van der Waals surface area contributed by atoms with Crippen LogP contribution in [0.3, 0.4) is 0 Å². The van der Waals surface area contributed by atoms with E-state index >= 15 is 0 Å². The fourth-order valence-electron chi connectivity index (χ4n) is 2.08. The van der Waals surface area contributed by atoms with Gasteiger partial charge in [-0.05, 0) is 61.4 Å². The Morgan fingerprint density at radius 2 is 1.54 bits per heavy atom. The van der Waals surface area contributed by atoms with Gasteiger partial charge in [0.05, 0.1) is 4.90 Å². The van der Waals surface area contributed by atoms with Crippen LogP contribution < -0.4 is 10.0 Å². The number of hydrogen-bond donors (Lipinski definition) is 2. The van der Waals surface area contributed by atoms with Crippen LogP contribution in [0.2, 0.25) is 0 Å². The normalized spacial score (nSPS) is 10.9. The number of hydrogen-bond acceptors (Lipinski definition) is 4. The molecule has 0 spiro atoms. The van der Waals surface area contributed by atoms with Gasteiger partial charge in [0.1, 0.15) is 0 Å². The highest BCUT2D eigenvalue weighted by Crippen LogP contribution is 2.16. The summed E-state index contributed by atoms with van der Waals surface area (Å²) >= 11 is 0. The van der Waals surface area contributed by atoms with Crippen LogP contribution in [0.5, 0.6) is 0 Å². The summed E-state index contributed by atoms with van der Waals surface area (Å²) in [5.41, 5.74) is 2.63. The summed E-state index contributed by atoms with van der Waals surface area (Å²) in [5.74, 6) is -0.696. The number of sulfonamides is 1. The monoisotopic (exact) mass is 375 g/mol. The molecule has 0 radical (unpaired) electrons. The van der Waals surface area contributed by atoms with Gasteiger partial charge in [-0.3, -0.25) is 4.79 Å². The first-order chi connectivity index (χ1) is 12.1. The Bertz CT molecular complexity index is 935. The molecule has 0 saturated heterocycles. The number of benzene rings is 2. The van der Waals surface area contributed by atoms with Gasteiger partial charge in [-0.1, -0.05) is 6.07 Å². The van der Waals surface area contributed by atoms with E-state index in [4.69, 9.17) is 0 Å². The molecule has 3 amide bonds. The van der Waals surface area contributed by atoms with Gasteiger partial charge in [-0.15, -0.1) is 0 Å². The minimum atomic E-state index is -4.01. The summed E-state index contributed by atoms with van der Waals surface area (Å²) in [5, 5.41) is 2.60. The highest BCUT2D eigenvalue weighted by Gasteiger charge is 2.19. The van der Waals surface area contributed by atoms with Crippen LogP contribution in [0.1, 0.15) is 21.5 Å². The van der Waals surface area contributed by atoms with Gasteiger partial charge in [0.2, 0.25) is 0 Å². The molecule has 0 aromatic heterocycles. The van der Waals surface area contributed by atoms with Gasteiger partial charge in [0.15, 0.2) is 0 Å². The molecule has 26 heavy (non-hydrogen) atoms. The third-order valence-corrected chi connectivity index (χ3v) is 5.17. The first-order valence-electron chi connectivity index (χ1n) is 7.83. The second-order valence-corrected chi connectivity index (χ2v) is 7.77. The summed E-state index contributed by atoms with van der Waals surface area (Å²) in [6, 6.07) is 10.2. The molecule has 0 bridgehead atoms. The fourth-order valence-corrected chi connectivity index (χ4v) is 3.05. The lowest BCUT2D eigenvalue weighted by atomic mass is 10.1. The summed E-state index contributed by atoms with van der Waals surface area (Å²) in [4.78, 5) is 25.1. The second kappa shape index (κ2) is 7.57. The molecule has 2 rings (SSSR count). The number of urea groups is 1. The van der Waals surface area contributed by atoms with Crippen molar-refractivity contribution in [2.75, 3.05) is 19.4 Å². The molecule has 0 atom stereocenters. The van der Waals surface area contributed by atoms with E-state index in [-0.39, 0.29) is 16.5 Å². The lowest BCUT2D eigenvalue weighted by Gasteiger charge is -2.12. The first kappa shape index (κ1) is 19.5. The zero-order valence-corrected chi connectivity index (χ0v) is 15.8. The highest BCUT2D eigenvalue weighted by molar-refractivity contribution is 7.90. The smallest absolute Gasteiger partial charge is 0.321 e. The van der Waals surface area contributed by atoms with Crippen LogP contribution in [0.15, 0.2) is 47.4 Å². The maximum Gasteiger partial charge on any atom is 0.321 e. The summed E-state index contributed by atoms with van der Waals surface area (Å²) in [6.07, 6.45) is 0. The van der Waals surface area contributed by atoms with Gasteiger partial charge in [0, 0.05) is 25.3 Å². The van der Waals surface area contributed by atoms with Crippen LogP contribution in [-0.4, -0.2) is 39.4 Å². The van der Waals surface area contributed by atoms with Crippen molar-refractivity contribution in [2.45, 2.75) is 18.7 Å². The SMILES string of the molecule is Cc1ccc(C(=O)NS(=O)(=O)c2ccc(NC(=O)N(C)C)cc2)cc1C. The quantitative estimate of drug-likeness (QED) is 0.858. The van der Waals surface area contributed by atoms with Gasteiger partial charge in [-0.2, -0.15) is 0 Å². The Morgan fingerprint density at radius 3 is 2.08 bits per heavy atom. The first-order valence-corrected chi connectivity index (χ1v) is 9.31. The number of carbonyl (C=O) groups excluding carboxylic acids is 2. The van der Waals surface area contributed by atoms with Crippen molar-refractivity contribution in [3.63, 3.8) is 0 Å². The third kappa shape index (κ3) is 4.60. The van der Waals surface area contributed by atoms with Gasteiger partial charge >= 0.3 is 6.03 Å². The van der Waals surface area contributed by atoms with E-state index in [1.54, 1.807) is 32.3 Å². The van der Waals surface area contributed by atoms with Crippen molar-refractivity contribution >= 4 is 27.6 Å². The summed E-state index contributed by atoms with van der Waals surface area (Å²) in [6.45, 7) is 3.76. The molecule has 0 heterocycles. The van der Waals surface area contributed by atoms with Crippen molar-refractivity contribution in [3.05, 3.63) is 59.2 Å². The van der Waals surface area contributed by atoms with E-state index in [0.717, 1.165) is 11.1 Å². The van der Waals surface area contributed by atoms with Crippen molar-refractivity contribution in [3.8, 4) is 0 Å².